The third kappa shape index (κ3) is 3.48. The molecule has 0 aliphatic carbocycles. The van der Waals surface area contributed by atoms with E-state index in [1.165, 1.54) is 18.2 Å². The fourth-order valence-corrected chi connectivity index (χ4v) is 3.23. The van der Waals surface area contributed by atoms with Crippen molar-refractivity contribution < 1.29 is 18.1 Å². The molecule has 0 saturated carbocycles. The van der Waals surface area contributed by atoms with Crippen molar-refractivity contribution in [2.24, 2.45) is 10.2 Å². The predicted octanol–water partition coefficient (Wildman–Crippen LogP) is 5.17. The van der Waals surface area contributed by atoms with Crippen LogP contribution in [0.1, 0.15) is 5.56 Å². The zero-order valence-electron chi connectivity index (χ0n) is 13.0. The van der Waals surface area contributed by atoms with Crippen molar-refractivity contribution in [2.45, 2.75) is 11.8 Å². The van der Waals surface area contributed by atoms with Crippen LogP contribution in [-0.2, 0) is 10.1 Å². The topological polar surface area (TPSA) is 99.3 Å². The van der Waals surface area contributed by atoms with Gasteiger partial charge in [0.2, 0.25) is 0 Å². The van der Waals surface area contributed by atoms with E-state index in [1.807, 2.05) is 12.1 Å². The summed E-state index contributed by atoms with van der Waals surface area (Å²) in [5, 5.41) is 19.7. The molecule has 0 aliphatic rings. The van der Waals surface area contributed by atoms with Gasteiger partial charge >= 0.3 is 0 Å². The minimum atomic E-state index is -4.50. The van der Waals surface area contributed by atoms with Gasteiger partial charge in [-0.25, -0.2) is 0 Å². The van der Waals surface area contributed by atoms with Crippen molar-refractivity contribution in [3.63, 3.8) is 0 Å². The second-order valence-electron chi connectivity index (χ2n) is 5.40. The largest absolute Gasteiger partial charge is 0.506 e. The first-order valence-corrected chi connectivity index (χ1v) is 8.99. The van der Waals surface area contributed by atoms with E-state index in [2.05, 4.69) is 10.2 Å². The van der Waals surface area contributed by atoms with Gasteiger partial charge in [0, 0.05) is 10.4 Å². The van der Waals surface area contributed by atoms with Crippen LogP contribution < -0.4 is 0 Å². The number of fused-ring (bicyclic) bond motifs is 1. The lowest BCUT2D eigenvalue weighted by atomic mass is 10.1. The predicted molar refractivity (Wildman–Crippen MR) is 95.8 cm³/mol. The van der Waals surface area contributed by atoms with E-state index < -0.39 is 15.0 Å². The van der Waals surface area contributed by atoms with Gasteiger partial charge in [0.15, 0.2) is 0 Å². The number of azo groups is 1. The normalized spacial score (nSPS) is 12.1. The molecule has 0 saturated heterocycles. The summed E-state index contributed by atoms with van der Waals surface area (Å²) in [7, 11) is -4.50. The van der Waals surface area contributed by atoms with Crippen molar-refractivity contribution in [2.75, 3.05) is 0 Å². The quantitative estimate of drug-likeness (QED) is 0.486. The lowest BCUT2D eigenvalue weighted by Gasteiger charge is -2.06. The van der Waals surface area contributed by atoms with Crippen LogP contribution in [0.15, 0.2) is 63.7 Å². The van der Waals surface area contributed by atoms with Gasteiger partial charge < -0.3 is 5.11 Å². The summed E-state index contributed by atoms with van der Waals surface area (Å²) >= 11 is 6.02. The van der Waals surface area contributed by atoms with Crippen LogP contribution in [-0.4, -0.2) is 18.1 Å². The first-order valence-electron chi connectivity index (χ1n) is 7.17. The summed E-state index contributed by atoms with van der Waals surface area (Å²) in [6.07, 6.45) is 0. The third-order valence-corrected chi connectivity index (χ3v) is 4.95. The van der Waals surface area contributed by atoms with E-state index in [4.69, 9.17) is 11.6 Å². The Kier molecular flexibility index (Phi) is 4.47. The van der Waals surface area contributed by atoms with Crippen LogP contribution in [0.2, 0.25) is 5.02 Å². The van der Waals surface area contributed by atoms with Crippen molar-refractivity contribution in [1.29, 1.82) is 0 Å². The number of aryl methyl sites for hydroxylation is 1. The minimum absolute atomic E-state index is 0.103. The molecule has 8 heteroatoms. The van der Waals surface area contributed by atoms with Crippen LogP contribution in [0.5, 0.6) is 5.75 Å². The van der Waals surface area contributed by atoms with Gasteiger partial charge in [-0.2, -0.15) is 8.42 Å². The van der Waals surface area contributed by atoms with Crippen molar-refractivity contribution in [3.8, 4) is 5.75 Å². The number of hydrogen-bond acceptors (Lipinski definition) is 5. The third-order valence-electron chi connectivity index (χ3n) is 3.66. The molecule has 3 rings (SSSR count). The zero-order chi connectivity index (χ0) is 18.2. The average molecular weight is 377 g/mol. The first-order chi connectivity index (χ1) is 11.8. The fourth-order valence-electron chi connectivity index (χ4n) is 2.38. The van der Waals surface area contributed by atoms with Crippen LogP contribution in [0.4, 0.5) is 11.4 Å². The second kappa shape index (κ2) is 6.44. The maximum atomic E-state index is 11.6. The van der Waals surface area contributed by atoms with Gasteiger partial charge in [0.25, 0.3) is 10.1 Å². The lowest BCUT2D eigenvalue weighted by Crippen LogP contribution is -1.99. The fraction of sp³-hybridized carbons (Fsp3) is 0.0588. The van der Waals surface area contributed by atoms with E-state index in [9.17, 15) is 18.1 Å². The molecule has 0 atom stereocenters. The minimum Gasteiger partial charge on any atom is -0.506 e. The zero-order valence-corrected chi connectivity index (χ0v) is 14.6. The van der Waals surface area contributed by atoms with Gasteiger partial charge in [-0.15, -0.1) is 10.2 Å². The molecular weight excluding hydrogens is 364 g/mol. The Bertz CT molecular complexity index is 1110. The number of phenolic OH excluding ortho intramolecular Hbond substituents is 1. The number of benzene rings is 3. The molecule has 3 aromatic rings. The number of nitrogens with zero attached hydrogens (tertiary/aromatic N) is 2. The van der Waals surface area contributed by atoms with Crippen molar-refractivity contribution >= 4 is 43.9 Å². The van der Waals surface area contributed by atoms with E-state index in [-0.39, 0.29) is 22.1 Å². The molecule has 6 nitrogen and oxygen atoms in total. The summed E-state index contributed by atoms with van der Waals surface area (Å²) in [5.41, 5.74) is 0.544. The Morgan fingerprint density at radius 3 is 2.48 bits per heavy atom. The molecule has 0 unspecified atom stereocenters. The summed E-state index contributed by atoms with van der Waals surface area (Å²) in [5.74, 6) is -0.103. The Labute approximate surface area is 149 Å². The Morgan fingerprint density at radius 2 is 1.76 bits per heavy atom. The molecule has 0 radical (unpaired) electrons. The summed E-state index contributed by atoms with van der Waals surface area (Å²) in [4.78, 5) is -0.405. The highest BCUT2D eigenvalue weighted by atomic mass is 35.5. The average Bonchev–Trinajstić information content (AvgIpc) is 2.55. The second-order valence-corrected chi connectivity index (χ2v) is 7.20. The van der Waals surface area contributed by atoms with Crippen LogP contribution in [0, 0.1) is 6.92 Å². The van der Waals surface area contributed by atoms with Crippen molar-refractivity contribution in [3.05, 3.63) is 59.1 Å². The molecular formula is C17H13ClN2O4S. The first kappa shape index (κ1) is 17.3. The Morgan fingerprint density at radius 1 is 1.04 bits per heavy atom. The number of halogens is 1. The van der Waals surface area contributed by atoms with Crippen molar-refractivity contribution in [1.82, 2.24) is 0 Å². The summed E-state index contributed by atoms with van der Waals surface area (Å²) in [6.45, 7) is 1.61. The molecule has 0 aromatic heterocycles. The Balaban J connectivity index is 2.19. The smallest absolute Gasteiger partial charge is 0.296 e. The molecule has 0 bridgehead atoms. The Hall–Kier alpha value is -2.48. The van der Waals surface area contributed by atoms with Crippen LogP contribution >= 0.6 is 11.6 Å². The van der Waals surface area contributed by atoms with E-state index in [0.717, 1.165) is 5.39 Å². The highest BCUT2D eigenvalue weighted by Crippen LogP contribution is 2.37. The number of rotatable bonds is 3. The standard InChI is InChI=1S/C17H13ClN2O4S/c1-10-8-16(25(22,23)24)14(9-13(10)18)19-20-17-12-5-3-2-4-11(12)6-7-15(17)21/h2-9,21H,1H3,(H,22,23,24)/b20-19+. The van der Waals surface area contributed by atoms with Gasteiger partial charge in [-0.05, 0) is 36.1 Å². The number of aromatic hydroxyl groups is 1. The summed E-state index contributed by atoms with van der Waals surface area (Å²) < 4.78 is 32.5. The summed E-state index contributed by atoms with van der Waals surface area (Å²) in [6, 6.07) is 13.0. The molecule has 2 N–H and O–H groups in total. The molecule has 0 fully saturated rings. The van der Waals surface area contributed by atoms with Crippen LogP contribution in [0.3, 0.4) is 0 Å². The molecule has 0 amide bonds. The highest BCUT2D eigenvalue weighted by molar-refractivity contribution is 7.86. The molecule has 128 valence electrons. The van der Waals surface area contributed by atoms with Gasteiger partial charge in [-0.1, -0.05) is 41.9 Å². The maximum Gasteiger partial charge on any atom is 0.296 e. The SMILES string of the molecule is Cc1cc(S(=O)(=O)O)c(/N=N/c2c(O)ccc3ccccc23)cc1Cl. The molecule has 0 heterocycles. The van der Waals surface area contributed by atoms with Gasteiger partial charge in [0.05, 0.1) is 0 Å². The maximum absolute atomic E-state index is 11.6. The van der Waals surface area contributed by atoms with Crippen LogP contribution in [0.25, 0.3) is 10.8 Å². The number of hydrogen-bond donors (Lipinski definition) is 2. The van der Waals surface area contributed by atoms with Gasteiger partial charge in [0.1, 0.15) is 22.0 Å². The lowest BCUT2D eigenvalue weighted by molar-refractivity contribution is 0.477. The van der Waals surface area contributed by atoms with E-state index in [1.54, 1.807) is 25.1 Å². The molecule has 25 heavy (non-hydrogen) atoms. The molecule has 0 aliphatic heterocycles. The monoisotopic (exact) mass is 376 g/mol. The molecule has 3 aromatic carbocycles. The number of phenols is 1. The molecule has 0 spiro atoms. The van der Waals surface area contributed by atoms with E-state index in [0.29, 0.717) is 10.9 Å². The highest BCUT2D eigenvalue weighted by Gasteiger charge is 2.18. The van der Waals surface area contributed by atoms with Gasteiger partial charge in [-0.3, -0.25) is 4.55 Å². The van der Waals surface area contributed by atoms with E-state index >= 15 is 0 Å².